The van der Waals surface area contributed by atoms with E-state index in [1.165, 1.54) is 0 Å². The van der Waals surface area contributed by atoms with Gasteiger partial charge < -0.3 is 15.7 Å². The first kappa shape index (κ1) is 14.0. The fourth-order valence-corrected chi connectivity index (χ4v) is 2.51. The molecule has 1 heterocycles. The molecule has 1 unspecified atom stereocenters. The molecule has 0 aliphatic carbocycles. The molecule has 0 aromatic heterocycles. The van der Waals surface area contributed by atoms with E-state index in [2.05, 4.69) is 0 Å². The average Bonchev–Trinajstić information content (AvgIpc) is 2.73. The van der Waals surface area contributed by atoms with E-state index in [9.17, 15) is 9.90 Å². The molecule has 2 rings (SSSR count). The molecule has 4 heteroatoms. The number of hydrogen-bond acceptors (Lipinski definition) is 3. The molecule has 19 heavy (non-hydrogen) atoms. The molecular formula is C15H22N2O2. The van der Waals surface area contributed by atoms with Crippen LogP contribution >= 0.6 is 0 Å². The highest BCUT2D eigenvalue weighted by Crippen LogP contribution is 2.32. The zero-order valence-electron chi connectivity index (χ0n) is 11.4. The Morgan fingerprint density at radius 1 is 1.42 bits per heavy atom. The number of rotatable bonds is 6. The van der Waals surface area contributed by atoms with Crippen LogP contribution in [-0.2, 0) is 11.2 Å². The van der Waals surface area contributed by atoms with Crippen LogP contribution in [-0.4, -0.2) is 24.1 Å². The van der Waals surface area contributed by atoms with Gasteiger partial charge in [-0.15, -0.1) is 0 Å². The first-order chi connectivity index (χ1) is 9.17. The fourth-order valence-electron chi connectivity index (χ4n) is 2.51. The Hall–Kier alpha value is -1.39. The van der Waals surface area contributed by atoms with Crippen molar-refractivity contribution >= 4 is 11.6 Å². The monoisotopic (exact) mass is 262 g/mol. The van der Waals surface area contributed by atoms with E-state index in [0.717, 1.165) is 36.2 Å². The molecule has 1 atom stereocenters. The number of carbonyl (C=O) groups excluding carboxylic acids is 1. The smallest absolute Gasteiger partial charge is 0.231 e. The minimum Gasteiger partial charge on any atom is -0.388 e. The maximum Gasteiger partial charge on any atom is 0.231 e. The third-order valence-electron chi connectivity index (χ3n) is 3.64. The van der Waals surface area contributed by atoms with Crippen molar-refractivity contribution in [3.05, 3.63) is 29.3 Å². The molecule has 0 saturated heterocycles. The summed E-state index contributed by atoms with van der Waals surface area (Å²) in [5, 5.41) is 9.85. The zero-order chi connectivity index (χ0) is 13.8. The number of carbonyl (C=O) groups is 1. The summed E-state index contributed by atoms with van der Waals surface area (Å²) in [6.07, 6.45) is 2.56. The van der Waals surface area contributed by atoms with Crippen LogP contribution in [0, 0.1) is 0 Å². The molecule has 0 fully saturated rings. The second kappa shape index (κ2) is 6.17. The van der Waals surface area contributed by atoms with Crippen molar-refractivity contribution in [3.8, 4) is 0 Å². The number of anilines is 1. The van der Waals surface area contributed by atoms with Gasteiger partial charge in [-0.05, 0) is 43.0 Å². The van der Waals surface area contributed by atoms with Gasteiger partial charge in [0.05, 0.1) is 12.5 Å². The van der Waals surface area contributed by atoms with Gasteiger partial charge in [-0.3, -0.25) is 4.79 Å². The second-order valence-corrected chi connectivity index (χ2v) is 5.03. The third kappa shape index (κ3) is 2.96. The molecule has 1 aromatic rings. The standard InChI is InChI=1S/C15H22N2O2/c1-2-14(18)11-5-6-13-12(9-11)10-15(19)17(13)8-4-3-7-16/h5-6,9,14,18H,2-4,7-8,10,16H2,1H3. The first-order valence-corrected chi connectivity index (χ1v) is 6.98. The number of amides is 1. The molecule has 0 radical (unpaired) electrons. The lowest BCUT2D eigenvalue weighted by Crippen LogP contribution is -2.28. The Kier molecular flexibility index (Phi) is 4.56. The lowest BCUT2D eigenvalue weighted by molar-refractivity contribution is -0.117. The van der Waals surface area contributed by atoms with Crippen molar-refractivity contribution in [2.45, 2.75) is 38.7 Å². The fraction of sp³-hybridized carbons (Fsp3) is 0.533. The van der Waals surface area contributed by atoms with Crippen LogP contribution in [0.3, 0.4) is 0 Å². The first-order valence-electron chi connectivity index (χ1n) is 6.98. The average molecular weight is 262 g/mol. The Morgan fingerprint density at radius 3 is 2.89 bits per heavy atom. The Labute approximate surface area is 114 Å². The number of aliphatic hydroxyl groups excluding tert-OH is 1. The highest BCUT2D eigenvalue weighted by molar-refractivity contribution is 6.01. The summed E-state index contributed by atoms with van der Waals surface area (Å²) in [5.41, 5.74) is 8.41. The van der Waals surface area contributed by atoms with Gasteiger partial charge in [0.1, 0.15) is 0 Å². The largest absolute Gasteiger partial charge is 0.388 e. The lowest BCUT2D eigenvalue weighted by atomic mass is 10.0. The summed E-state index contributed by atoms with van der Waals surface area (Å²) in [5.74, 6) is 0.148. The predicted molar refractivity (Wildman–Crippen MR) is 76.0 cm³/mol. The van der Waals surface area contributed by atoms with Crippen molar-refractivity contribution < 1.29 is 9.90 Å². The van der Waals surface area contributed by atoms with E-state index in [-0.39, 0.29) is 5.91 Å². The molecular weight excluding hydrogens is 240 g/mol. The van der Waals surface area contributed by atoms with E-state index < -0.39 is 6.10 Å². The molecule has 1 aliphatic rings. The van der Waals surface area contributed by atoms with Gasteiger partial charge in [0.15, 0.2) is 0 Å². The normalized spacial score (nSPS) is 15.7. The Balaban J connectivity index is 2.15. The SMILES string of the molecule is CCC(O)c1ccc2c(c1)CC(=O)N2CCCCN. The second-order valence-electron chi connectivity index (χ2n) is 5.03. The summed E-state index contributed by atoms with van der Waals surface area (Å²) in [7, 11) is 0. The highest BCUT2D eigenvalue weighted by Gasteiger charge is 2.27. The van der Waals surface area contributed by atoms with Crippen LogP contribution in [0.2, 0.25) is 0 Å². The molecule has 1 aromatic carbocycles. The molecule has 0 bridgehead atoms. The van der Waals surface area contributed by atoms with E-state index in [0.29, 0.717) is 19.4 Å². The Bertz CT molecular complexity index is 459. The summed E-state index contributed by atoms with van der Waals surface area (Å²) in [6.45, 7) is 3.34. The van der Waals surface area contributed by atoms with E-state index in [1.54, 1.807) is 0 Å². The van der Waals surface area contributed by atoms with E-state index >= 15 is 0 Å². The molecule has 1 aliphatic heterocycles. The van der Waals surface area contributed by atoms with Gasteiger partial charge in [-0.25, -0.2) is 0 Å². The van der Waals surface area contributed by atoms with Crippen LogP contribution in [0.25, 0.3) is 0 Å². The molecule has 0 spiro atoms. The summed E-state index contributed by atoms with van der Waals surface area (Å²) >= 11 is 0. The summed E-state index contributed by atoms with van der Waals surface area (Å²) in [6, 6.07) is 5.84. The molecule has 104 valence electrons. The predicted octanol–water partition coefficient (Wildman–Crippen LogP) is 1.76. The highest BCUT2D eigenvalue weighted by atomic mass is 16.3. The summed E-state index contributed by atoms with van der Waals surface area (Å²) < 4.78 is 0. The van der Waals surface area contributed by atoms with Gasteiger partial charge in [-0.1, -0.05) is 19.1 Å². The van der Waals surface area contributed by atoms with Gasteiger partial charge in [0, 0.05) is 12.2 Å². The maximum atomic E-state index is 12.0. The molecule has 1 amide bonds. The minimum atomic E-state index is -0.438. The number of aliphatic hydroxyl groups is 1. The van der Waals surface area contributed by atoms with Crippen molar-refractivity contribution in [3.63, 3.8) is 0 Å². The number of nitrogens with zero attached hydrogens (tertiary/aromatic N) is 1. The van der Waals surface area contributed by atoms with Crippen LogP contribution in [0.1, 0.15) is 43.4 Å². The van der Waals surface area contributed by atoms with Gasteiger partial charge >= 0.3 is 0 Å². The van der Waals surface area contributed by atoms with E-state index in [1.807, 2.05) is 30.0 Å². The molecule has 3 N–H and O–H groups in total. The van der Waals surface area contributed by atoms with Gasteiger partial charge in [0.25, 0.3) is 0 Å². The quantitative estimate of drug-likeness (QED) is 0.768. The van der Waals surface area contributed by atoms with Crippen LogP contribution in [0.4, 0.5) is 5.69 Å². The van der Waals surface area contributed by atoms with Gasteiger partial charge in [0.2, 0.25) is 5.91 Å². The summed E-state index contributed by atoms with van der Waals surface area (Å²) in [4.78, 5) is 13.8. The molecule has 4 nitrogen and oxygen atoms in total. The van der Waals surface area contributed by atoms with Crippen molar-refractivity contribution in [2.24, 2.45) is 5.73 Å². The Morgan fingerprint density at radius 2 is 2.21 bits per heavy atom. The van der Waals surface area contributed by atoms with Crippen molar-refractivity contribution in [1.29, 1.82) is 0 Å². The molecule has 0 saturated carbocycles. The number of benzene rings is 1. The van der Waals surface area contributed by atoms with E-state index in [4.69, 9.17) is 5.73 Å². The van der Waals surface area contributed by atoms with Crippen LogP contribution in [0.15, 0.2) is 18.2 Å². The topological polar surface area (TPSA) is 66.6 Å². The lowest BCUT2D eigenvalue weighted by Gasteiger charge is -2.18. The van der Waals surface area contributed by atoms with Crippen molar-refractivity contribution in [2.75, 3.05) is 18.0 Å². The maximum absolute atomic E-state index is 12.0. The third-order valence-corrected chi connectivity index (χ3v) is 3.64. The van der Waals surface area contributed by atoms with Crippen LogP contribution in [0.5, 0.6) is 0 Å². The zero-order valence-corrected chi connectivity index (χ0v) is 11.4. The number of nitrogens with two attached hydrogens (primary N) is 1. The number of unbranched alkanes of at least 4 members (excludes halogenated alkanes) is 1. The minimum absolute atomic E-state index is 0.148. The number of hydrogen-bond donors (Lipinski definition) is 2. The van der Waals surface area contributed by atoms with Crippen molar-refractivity contribution in [1.82, 2.24) is 0 Å². The van der Waals surface area contributed by atoms with Gasteiger partial charge in [-0.2, -0.15) is 0 Å². The number of fused-ring (bicyclic) bond motifs is 1. The van der Waals surface area contributed by atoms with Crippen LogP contribution < -0.4 is 10.6 Å².